The number of nitrogens with one attached hydrogen (secondary N) is 1. The highest BCUT2D eigenvalue weighted by atomic mass is 35.5. The zero-order valence-corrected chi connectivity index (χ0v) is 29.5. The molecule has 2 aromatic rings. The number of hydrogen-bond acceptors (Lipinski definition) is 9. The van der Waals surface area contributed by atoms with Crippen molar-refractivity contribution in [3.63, 3.8) is 0 Å². The third-order valence-electron chi connectivity index (χ3n) is 10.2. The minimum Gasteiger partial charge on any atom is -0.480 e. The molecular formula is C35H47ClF3N7O5. The topological polar surface area (TPSA) is 158 Å². The fourth-order valence-electron chi connectivity index (χ4n) is 7.27. The molecule has 6 N–H and O–H groups in total. The summed E-state index contributed by atoms with van der Waals surface area (Å²) >= 11 is 6.09. The number of alkyl halides is 3. The number of benzene rings is 2. The SMILES string of the molecule is CN1CCN(C2CCN(C(=O)[C@@H](Cc3cc(Cl)c(N)c(C(F)(F)F)c3)OC(=O)N3CCC(NCCc4ccccc4N)CC3)CC2)[C@H](C(=O)O)C1. The van der Waals surface area contributed by atoms with Crippen molar-refractivity contribution < 1.29 is 37.4 Å². The lowest BCUT2D eigenvalue weighted by atomic mass is 9.98. The summed E-state index contributed by atoms with van der Waals surface area (Å²) in [6.45, 7) is 3.71. The van der Waals surface area contributed by atoms with Gasteiger partial charge in [-0.25, -0.2) is 4.79 Å². The highest BCUT2D eigenvalue weighted by Gasteiger charge is 2.40. The molecule has 12 nitrogen and oxygen atoms in total. The van der Waals surface area contributed by atoms with Crippen LogP contribution in [-0.4, -0.2) is 126 Å². The van der Waals surface area contributed by atoms with E-state index in [1.165, 1.54) is 11.0 Å². The van der Waals surface area contributed by atoms with Crippen molar-refractivity contribution in [2.24, 2.45) is 0 Å². The number of piperazine rings is 1. The van der Waals surface area contributed by atoms with E-state index in [1.54, 1.807) is 4.90 Å². The second kappa shape index (κ2) is 16.7. The number of likely N-dealkylation sites (tertiary alicyclic amines) is 2. The van der Waals surface area contributed by atoms with Crippen molar-refractivity contribution in [1.82, 2.24) is 24.9 Å². The summed E-state index contributed by atoms with van der Waals surface area (Å²) in [7, 11) is 1.88. The van der Waals surface area contributed by atoms with E-state index in [2.05, 4.69) is 5.32 Å². The lowest BCUT2D eigenvalue weighted by Gasteiger charge is -2.45. The molecule has 3 fully saturated rings. The Labute approximate surface area is 300 Å². The number of nitrogens with two attached hydrogens (primary N) is 2. The lowest BCUT2D eigenvalue weighted by Crippen LogP contribution is -2.60. The largest absolute Gasteiger partial charge is 0.480 e. The van der Waals surface area contributed by atoms with Gasteiger partial charge in [-0.05, 0) is 75.0 Å². The molecule has 0 unspecified atom stereocenters. The van der Waals surface area contributed by atoms with E-state index in [0.29, 0.717) is 58.4 Å². The summed E-state index contributed by atoms with van der Waals surface area (Å²) in [6, 6.07) is 9.21. The maximum Gasteiger partial charge on any atom is 0.418 e. The first kappa shape index (κ1) is 38.4. The van der Waals surface area contributed by atoms with Gasteiger partial charge in [0.2, 0.25) is 0 Å². The maximum absolute atomic E-state index is 14.0. The van der Waals surface area contributed by atoms with E-state index < -0.39 is 47.5 Å². The monoisotopic (exact) mass is 737 g/mol. The first-order chi connectivity index (χ1) is 24.2. The summed E-state index contributed by atoms with van der Waals surface area (Å²) in [5.41, 5.74) is 11.8. The van der Waals surface area contributed by atoms with Crippen molar-refractivity contribution in [3.05, 3.63) is 58.1 Å². The van der Waals surface area contributed by atoms with Gasteiger partial charge in [0.15, 0.2) is 6.10 Å². The van der Waals surface area contributed by atoms with Gasteiger partial charge in [0.1, 0.15) is 6.04 Å². The van der Waals surface area contributed by atoms with Crippen molar-refractivity contribution >= 4 is 40.9 Å². The number of carboxylic acids is 1. The number of carbonyl (C=O) groups excluding carboxylic acids is 2. The summed E-state index contributed by atoms with van der Waals surface area (Å²) < 4.78 is 47.2. The molecule has 0 saturated carbocycles. The van der Waals surface area contributed by atoms with Crippen LogP contribution in [0.25, 0.3) is 0 Å². The molecule has 0 spiro atoms. The number of carboxylic acid groups (broad SMARTS) is 1. The number of hydrogen-bond donors (Lipinski definition) is 4. The Morgan fingerprint density at radius 2 is 1.67 bits per heavy atom. The number of halogens is 4. The smallest absolute Gasteiger partial charge is 0.418 e. The molecule has 0 aliphatic carbocycles. The van der Waals surface area contributed by atoms with Gasteiger partial charge in [-0.1, -0.05) is 29.8 Å². The third kappa shape index (κ3) is 9.76. The van der Waals surface area contributed by atoms with Crippen molar-refractivity contribution in [1.29, 1.82) is 0 Å². The van der Waals surface area contributed by atoms with Crippen LogP contribution < -0.4 is 16.8 Å². The Kier molecular flexibility index (Phi) is 12.6. The number of rotatable bonds is 10. The normalized spacial score (nSPS) is 20.7. The van der Waals surface area contributed by atoms with Gasteiger partial charge in [0.25, 0.3) is 5.91 Å². The van der Waals surface area contributed by atoms with E-state index in [1.807, 2.05) is 41.1 Å². The zero-order chi connectivity index (χ0) is 36.9. The average molecular weight is 738 g/mol. The average Bonchev–Trinajstić information content (AvgIpc) is 3.09. The summed E-state index contributed by atoms with van der Waals surface area (Å²) in [5.74, 6) is -1.43. The van der Waals surface area contributed by atoms with Crippen LogP contribution in [0.1, 0.15) is 42.4 Å². The number of ether oxygens (including phenoxy) is 1. The van der Waals surface area contributed by atoms with Crippen LogP contribution >= 0.6 is 11.6 Å². The molecule has 3 heterocycles. The number of amides is 2. The van der Waals surface area contributed by atoms with Crippen molar-refractivity contribution in [3.8, 4) is 0 Å². The molecule has 3 saturated heterocycles. The highest BCUT2D eigenvalue weighted by Crippen LogP contribution is 2.38. The van der Waals surface area contributed by atoms with Gasteiger partial charge >= 0.3 is 18.2 Å². The first-order valence-electron chi connectivity index (χ1n) is 17.3. The van der Waals surface area contributed by atoms with E-state index in [0.717, 1.165) is 30.3 Å². The number of carbonyl (C=O) groups is 3. The molecule has 2 atom stereocenters. The molecule has 16 heteroatoms. The van der Waals surface area contributed by atoms with Crippen LogP contribution in [-0.2, 0) is 33.3 Å². The van der Waals surface area contributed by atoms with Gasteiger partial charge in [-0.15, -0.1) is 0 Å². The number of anilines is 2. The number of para-hydroxylation sites is 1. The molecule has 2 amide bonds. The Bertz CT molecular complexity index is 1550. The quantitative estimate of drug-likeness (QED) is 0.266. The van der Waals surface area contributed by atoms with Crippen LogP contribution in [0.3, 0.4) is 0 Å². The summed E-state index contributed by atoms with van der Waals surface area (Å²) in [4.78, 5) is 46.5. The predicted molar refractivity (Wildman–Crippen MR) is 187 cm³/mol. The van der Waals surface area contributed by atoms with Crippen LogP contribution in [0.5, 0.6) is 0 Å². The molecule has 51 heavy (non-hydrogen) atoms. The molecule has 3 aliphatic heterocycles. The van der Waals surface area contributed by atoms with E-state index in [-0.39, 0.29) is 42.2 Å². The van der Waals surface area contributed by atoms with E-state index >= 15 is 0 Å². The Balaban J connectivity index is 1.23. The first-order valence-corrected chi connectivity index (χ1v) is 17.7. The van der Waals surface area contributed by atoms with Crippen LogP contribution in [0.2, 0.25) is 5.02 Å². The number of nitrogen functional groups attached to an aromatic ring is 2. The Morgan fingerprint density at radius 3 is 2.31 bits per heavy atom. The van der Waals surface area contributed by atoms with Gasteiger partial charge in [0.05, 0.1) is 16.3 Å². The minimum atomic E-state index is -4.79. The Hall–Kier alpha value is -3.79. The fourth-order valence-corrected chi connectivity index (χ4v) is 7.51. The standard InChI is InChI=1S/C35H47ClF3N7O5/c1-43-16-17-46(29(21-43)33(48)49)25-9-14-44(15-10-25)32(47)30(20-22-18-26(35(37,38)39)31(41)27(36)19-22)51-34(50)45-12-7-24(8-13-45)42-11-6-23-4-2-3-5-28(23)40/h2-5,18-19,24-25,29-30,42H,6-17,20-21,40-41H2,1H3,(H,48,49)/t29-,30+/m0/s1. The van der Waals surface area contributed by atoms with Gasteiger partial charge in [-0.2, -0.15) is 13.2 Å². The second-order valence-electron chi connectivity index (χ2n) is 13.7. The summed E-state index contributed by atoms with van der Waals surface area (Å²) in [6.07, 6.45) is -4.20. The molecule has 0 aromatic heterocycles. The summed E-state index contributed by atoms with van der Waals surface area (Å²) in [5, 5.41) is 13.0. The molecule has 0 radical (unpaired) electrons. The molecular weight excluding hydrogens is 691 g/mol. The second-order valence-corrected chi connectivity index (χ2v) is 14.1. The zero-order valence-electron chi connectivity index (χ0n) is 28.7. The van der Waals surface area contributed by atoms with Gasteiger partial charge in [0, 0.05) is 70.0 Å². The number of likely N-dealkylation sites (N-methyl/N-ethyl adjacent to an activating group) is 1. The van der Waals surface area contributed by atoms with Gasteiger partial charge < -0.3 is 41.3 Å². The molecule has 280 valence electrons. The third-order valence-corrected chi connectivity index (χ3v) is 10.5. The predicted octanol–water partition coefficient (Wildman–Crippen LogP) is 3.56. The van der Waals surface area contributed by atoms with Crippen LogP contribution in [0, 0.1) is 0 Å². The Morgan fingerprint density at radius 1 is 1.00 bits per heavy atom. The minimum absolute atomic E-state index is 0.0475. The highest BCUT2D eigenvalue weighted by molar-refractivity contribution is 6.33. The van der Waals surface area contributed by atoms with Crippen LogP contribution in [0.4, 0.5) is 29.3 Å². The maximum atomic E-state index is 14.0. The fraction of sp³-hybridized carbons (Fsp3) is 0.571. The molecule has 5 rings (SSSR count). The van der Waals surface area contributed by atoms with Gasteiger partial charge in [-0.3, -0.25) is 14.5 Å². The van der Waals surface area contributed by atoms with E-state index in [4.69, 9.17) is 27.8 Å². The number of piperidine rings is 2. The molecule has 2 aromatic carbocycles. The van der Waals surface area contributed by atoms with Crippen molar-refractivity contribution in [2.45, 2.75) is 68.9 Å². The molecule has 3 aliphatic rings. The van der Waals surface area contributed by atoms with Crippen molar-refractivity contribution in [2.75, 3.05) is 70.9 Å². The lowest BCUT2D eigenvalue weighted by molar-refractivity contribution is -0.149. The number of nitrogens with zero attached hydrogens (tertiary/aromatic N) is 4. The molecule has 0 bridgehead atoms. The van der Waals surface area contributed by atoms with Crippen LogP contribution in [0.15, 0.2) is 36.4 Å². The number of aliphatic carboxylic acids is 1. The van der Waals surface area contributed by atoms with E-state index in [9.17, 15) is 32.7 Å².